The van der Waals surface area contributed by atoms with Gasteiger partial charge in [0.1, 0.15) is 0 Å². The lowest BCUT2D eigenvalue weighted by Crippen LogP contribution is -2.50. The molecule has 0 aromatic rings. The maximum atomic E-state index is 10.2. The molecule has 1 heterocycles. The van der Waals surface area contributed by atoms with E-state index in [-0.39, 0.29) is 6.10 Å². The number of hydrogen-bond donors (Lipinski definition) is 1. The van der Waals surface area contributed by atoms with Gasteiger partial charge in [0, 0.05) is 19.1 Å². The van der Waals surface area contributed by atoms with Gasteiger partial charge in [0.25, 0.3) is 0 Å². The molecule has 1 N–H and O–H groups in total. The molecule has 1 aliphatic carbocycles. The number of morpholine rings is 1. The molecule has 0 radical (unpaired) electrons. The van der Waals surface area contributed by atoms with Crippen LogP contribution in [0.5, 0.6) is 0 Å². The molecule has 0 amide bonds. The third-order valence-corrected chi connectivity index (χ3v) is 4.77. The first-order valence-electron chi connectivity index (χ1n) is 7.51. The Kier molecular flexibility index (Phi) is 4.68. The standard InChI is InChI=1S/C15H29NO2/c1-4-13-11-18-8-7-16(13)10-12-9-15(2,3)6-5-14(12)17/h12-14,17H,4-11H2,1-3H3. The van der Waals surface area contributed by atoms with E-state index in [0.29, 0.717) is 17.4 Å². The van der Waals surface area contributed by atoms with E-state index in [1.54, 1.807) is 0 Å². The van der Waals surface area contributed by atoms with Crippen LogP contribution in [-0.4, -0.2) is 48.5 Å². The largest absolute Gasteiger partial charge is 0.393 e. The molecule has 0 aromatic carbocycles. The van der Waals surface area contributed by atoms with Crippen LogP contribution in [0, 0.1) is 11.3 Å². The van der Waals surface area contributed by atoms with Gasteiger partial charge in [-0.3, -0.25) is 4.90 Å². The van der Waals surface area contributed by atoms with Crippen LogP contribution < -0.4 is 0 Å². The molecule has 1 aliphatic heterocycles. The second kappa shape index (κ2) is 5.89. The summed E-state index contributed by atoms with van der Waals surface area (Å²) in [6.45, 7) is 10.7. The molecule has 3 atom stereocenters. The van der Waals surface area contributed by atoms with Crippen LogP contribution in [0.1, 0.15) is 46.5 Å². The predicted octanol–water partition coefficient (Wildman–Crippen LogP) is 2.28. The lowest BCUT2D eigenvalue weighted by Gasteiger charge is -2.43. The van der Waals surface area contributed by atoms with Gasteiger partial charge in [0.2, 0.25) is 0 Å². The van der Waals surface area contributed by atoms with Crippen LogP contribution in [0.2, 0.25) is 0 Å². The van der Waals surface area contributed by atoms with E-state index < -0.39 is 0 Å². The molecule has 3 heteroatoms. The maximum Gasteiger partial charge on any atom is 0.0622 e. The highest BCUT2D eigenvalue weighted by Crippen LogP contribution is 2.39. The molecule has 2 rings (SSSR count). The Morgan fingerprint density at radius 2 is 2.17 bits per heavy atom. The first kappa shape index (κ1) is 14.3. The zero-order valence-corrected chi connectivity index (χ0v) is 12.2. The Bertz CT molecular complexity index is 267. The van der Waals surface area contributed by atoms with Crippen LogP contribution in [0.4, 0.5) is 0 Å². The van der Waals surface area contributed by atoms with Crippen molar-refractivity contribution in [3.8, 4) is 0 Å². The molecule has 2 aliphatic rings. The summed E-state index contributed by atoms with van der Waals surface area (Å²) >= 11 is 0. The minimum absolute atomic E-state index is 0.0987. The molecule has 18 heavy (non-hydrogen) atoms. The molecule has 2 fully saturated rings. The van der Waals surface area contributed by atoms with Crippen LogP contribution in [-0.2, 0) is 4.74 Å². The Hall–Kier alpha value is -0.120. The Morgan fingerprint density at radius 3 is 2.89 bits per heavy atom. The summed E-state index contributed by atoms with van der Waals surface area (Å²) in [7, 11) is 0. The second-order valence-corrected chi connectivity index (χ2v) is 6.87. The van der Waals surface area contributed by atoms with Gasteiger partial charge in [0.15, 0.2) is 0 Å². The van der Waals surface area contributed by atoms with Crippen LogP contribution in [0.3, 0.4) is 0 Å². The monoisotopic (exact) mass is 255 g/mol. The van der Waals surface area contributed by atoms with Gasteiger partial charge in [-0.15, -0.1) is 0 Å². The average molecular weight is 255 g/mol. The topological polar surface area (TPSA) is 32.7 Å². The zero-order valence-electron chi connectivity index (χ0n) is 12.2. The normalized spacial score (nSPS) is 37.7. The third-order valence-electron chi connectivity index (χ3n) is 4.77. The van der Waals surface area contributed by atoms with E-state index in [1.807, 2.05) is 0 Å². The highest BCUT2D eigenvalue weighted by Gasteiger charge is 2.36. The Balaban J connectivity index is 1.93. The summed E-state index contributed by atoms with van der Waals surface area (Å²) < 4.78 is 5.56. The third kappa shape index (κ3) is 3.46. The smallest absolute Gasteiger partial charge is 0.0622 e. The van der Waals surface area contributed by atoms with Crippen LogP contribution in [0.25, 0.3) is 0 Å². The van der Waals surface area contributed by atoms with Crippen molar-refractivity contribution >= 4 is 0 Å². The van der Waals surface area contributed by atoms with Crippen molar-refractivity contribution in [2.75, 3.05) is 26.3 Å². The van der Waals surface area contributed by atoms with E-state index in [1.165, 1.54) is 0 Å². The summed E-state index contributed by atoms with van der Waals surface area (Å²) in [4.78, 5) is 2.54. The molecule has 0 bridgehead atoms. The van der Waals surface area contributed by atoms with E-state index in [2.05, 4.69) is 25.7 Å². The number of hydrogen-bond acceptors (Lipinski definition) is 3. The number of nitrogens with zero attached hydrogens (tertiary/aromatic N) is 1. The first-order chi connectivity index (χ1) is 8.52. The number of aliphatic hydroxyl groups is 1. The number of rotatable bonds is 3. The van der Waals surface area contributed by atoms with Gasteiger partial charge in [-0.1, -0.05) is 20.8 Å². The highest BCUT2D eigenvalue weighted by atomic mass is 16.5. The highest BCUT2D eigenvalue weighted by molar-refractivity contribution is 4.88. The molecule has 0 spiro atoms. The molecule has 3 nitrogen and oxygen atoms in total. The minimum atomic E-state index is -0.0987. The Morgan fingerprint density at radius 1 is 1.39 bits per heavy atom. The Labute approximate surface area is 112 Å². The van der Waals surface area contributed by atoms with Crippen molar-refractivity contribution in [2.24, 2.45) is 11.3 Å². The van der Waals surface area contributed by atoms with Gasteiger partial charge >= 0.3 is 0 Å². The van der Waals surface area contributed by atoms with Gasteiger partial charge in [0.05, 0.1) is 19.3 Å². The fourth-order valence-corrected chi connectivity index (χ4v) is 3.52. The molecule has 1 saturated heterocycles. The SMILES string of the molecule is CCC1COCCN1CC1CC(C)(C)CCC1O. The van der Waals surface area contributed by atoms with E-state index >= 15 is 0 Å². The second-order valence-electron chi connectivity index (χ2n) is 6.87. The number of aliphatic hydroxyl groups excluding tert-OH is 1. The maximum absolute atomic E-state index is 10.2. The van der Waals surface area contributed by atoms with Crippen molar-refractivity contribution in [3.05, 3.63) is 0 Å². The molecule has 106 valence electrons. The van der Waals surface area contributed by atoms with Gasteiger partial charge in [-0.25, -0.2) is 0 Å². The van der Waals surface area contributed by atoms with Gasteiger partial charge in [-0.2, -0.15) is 0 Å². The van der Waals surface area contributed by atoms with Crippen LogP contribution >= 0.6 is 0 Å². The fourth-order valence-electron chi connectivity index (χ4n) is 3.52. The average Bonchev–Trinajstić information content (AvgIpc) is 2.34. The van der Waals surface area contributed by atoms with Crippen molar-refractivity contribution in [2.45, 2.75) is 58.6 Å². The molecular weight excluding hydrogens is 226 g/mol. The van der Waals surface area contributed by atoms with E-state index in [0.717, 1.165) is 52.0 Å². The summed E-state index contributed by atoms with van der Waals surface area (Å²) in [5, 5.41) is 10.2. The molecular formula is C15H29NO2. The summed E-state index contributed by atoms with van der Waals surface area (Å²) in [6.07, 6.45) is 4.33. The van der Waals surface area contributed by atoms with E-state index in [9.17, 15) is 5.11 Å². The van der Waals surface area contributed by atoms with E-state index in [4.69, 9.17) is 4.74 Å². The fraction of sp³-hybridized carbons (Fsp3) is 1.00. The quantitative estimate of drug-likeness (QED) is 0.840. The van der Waals surface area contributed by atoms with Crippen LogP contribution in [0.15, 0.2) is 0 Å². The molecule has 0 aromatic heterocycles. The predicted molar refractivity (Wildman–Crippen MR) is 73.6 cm³/mol. The van der Waals surface area contributed by atoms with Crippen molar-refractivity contribution in [3.63, 3.8) is 0 Å². The number of ether oxygens (including phenoxy) is 1. The van der Waals surface area contributed by atoms with Crippen molar-refractivity contribution in [1.82, 2.24) is 4.90 Å². The summed E-state index contributed by atoms with van der Waals surface area (Å²) in [6, 6.07) is 0.552. The van der Waals surface area contributed by atoms with Crippen molar-refractivity contribution in [1.29, 1.82) is 0 Å². The zero-order chi connectivity index (χ0) is 13.2. The summed E-state index contributed by atoms with van der Waals surface area (Å²) in [5.41, 5.74) is 0.401. The molecule has 3 unspecified atom stereocenters. The van der Waals surface area contributed by atoms with Gasteiger partial charge in [-0.05, 0) is 37.0 Å². The first-order valence-corrected chi connectivity index (χ1v) is 7.51. The summed E-state index contributed by atoms with van der Waals surface area (Å²) in [5.74, 6) is 0.445. The van der Waals surface area contributed by atoms with Crippen molar-refractivity contribution < 1.29 is 9.84 Å². The lowest BCUT2D eigenvalue weighted by molar-refractivity contribution is -0.0465. The minimum Gasteiger partial charge on any atom is -0.393 e. The van der Waals surface area contributed by atoms with Gasteiger partial charge < -0.3 is 9.84 Å². The lowest BCUT2D eigenvalue weighted by atomic mass is 9.70. The molecule has 1 saturated carbocycles.